The Balaban J connectivity index is 2.00. The monoisotopic (exact) mass is 430 g/mol. The fourth-order valence-corrected chi connectivity index (χ4v) is 4.87. The number of nitrogens with one attached hydrogen (secondary N) is 1. The molecule has 1 amide bonds. The lowest BCUT2D eigenvalue weighted by Crippen LogP contribution is -2.52. The zero-order valence-corrected chi connectivity index (χ0v) is 18.1. The predicted octanol–water partition coefficient (Wildman–Crippen LogP) is 2.73. The van der Waals surface area contributed by atoms with Crippen molar-refractivity contribution in [3.8, 4) is 0 Å². The Morgan fingerprint density at radius 1 is 1.21 bits per heavy atom. The molecule has 9 heteroatoms. The van der Waals surface area contributed by atoms with Crippen LogP contribution in [-0.2, 0) is 24.3 Å². The third-order valence-electron chi connectivity index (χ3n) is 4.88. The average Bonchev–Trinajstić information content (AvgIpc) is 2.61. The van der Waals surface area contributed by atoms with Crippen LogP contribution < -0.4 is 4.72 Å². The second-order valence-corrected chi connectivity index (χ2v) is 9.40. The maximum absolute atomic E-state index is 12.7. The van der Waals surface area contributed by atoms with Crippen LogP contribution in [0.25, 0.3) is 0 Å². The molecule has 0 aromatic heterocycles. The van der Waals surface area contributed by atoms with Gasteiger partial charge in [0.05, 0.1) is 4.90 Å². The number of esters is 1. The fraction of sp³-hybridized carbons (Fsp3) is 0.579. The molecule has 1 aliphatic rings. The van der Waals surface area contributed by atoms with Crippen LogP contribution in [0.3, 0.4) is 0 Å². The van der Waals surface area contributed by atoms with Gasteiger partial charge in [-0.1, -0.05) is 17.7 Å². The third kappa shape index (κ3) is 5.46. The van der Waals surface area contributed by atoms with Crippen molar-refractivity contribution in [3.63, 3.8) is 0 Å². The average molecular weight is 431 g/mol. The Morgan fingerprint density at radius 3 is 2.39 bits per heavy atom. The number of ether oxygens (including phenoxy) is 1. The van der Waals surface area contributed by atoms with Gasteiger partial charge in [0.1, 0.15) is 6.04 Å². The van der Waals surface area contributed by atoms with Crippen molar-refractivity contribution < 1.29 is 22.7 Å². The Hall–Kier alpha value is -1.64. The topological polar surface area (TPSA) is 92.8 Å². The van der Waals surface area contributed by atoms with E-state index in [-0.39, 0.29) is 27.9 Å². The molecule has 2 rings (SSSR count). The van der Waals surface area contributed by atoms with Gasteiger partial charge in [0.15, 0.2) is 6.10 Å². The zero-order chi connectivity index (χ0) is 21.1. The van der Waals surface area contributed by atoms with Crippen molar-refractivity contribution in [1.82, 2.24) is 9.62 Å². The highest BCUT2D eigenvalue weighted by molar-refractivity contribution is 7.89. The molecular formula is C19H27ClN2O5S. The smallest absolute Gasteiger partial charge is 0.324 e. The van der Waals surface area contributed by atoms with Crippen LogP contribution in [0.4, 0.5) is 0 Å². The number of benzene rings is 1. The summed E-state index contributed by atoms with van der Waals surface area (Å²) in [6.07, 6.45) is 1.88. The molecule has 156 valence electrons. The van der Waals surface area contributed by atoms with Gasteiger partial charge in [0.25, 0.3) is 5.91 Å². The van der Waals surface area contributed by atoms with Crippen molar-refractivity contribution in [2.45, 2.75) is 76.1 Å². The van der Waals surface area contributed by atoms with Gasteiger partial charge in [-0.05, 0) is 65.2 Å². The molecule has 0 bridgehead atoms. The van der Waals surface area contributed by atoms with Crippen LogP contribution in [0.15, 0.2) is 29.2 Å². The van der Waals surface area contributed by atoms with E-state index >= 15 is 0 Å². The Labute approximate surface area is 171 Å². The summed E-state index contributed by atoms with van der Waals surface area (Å²) in [5.41, 5.74) is 0. The van der Waals surface area contributed by atoms with Gasteiger partial charge >= 0.3 is 5.97 Å². The number of carbonyl (C=O) groups excluding carboxylic acids is 2. The van der Waals surface area contributed by atoms with E-state index in [0.29, 0.717) is 0 Å². The highest BCUT2D eigenvalue weighted by Gasteiger charge is 2.34. The van der Waals surface area contributed by atoms with E-state index in [1.807, 2.05) is 13.8 Å². The summed E-state index contributed by atoms with van der Waals surface area (Å²) in [4.78, 5) is 26.7. The molecule has 0 aliphatic carbocycles. The highest BCUT2D eigenvalue weighted by Crippen LogP contribution is 2.24. The molecule has 1 N–H and O–H groups in total. The summed E-state index contributed by atoms with van der Waals surface area (Å²) in [6.45, 7) is 6.83. The van der Waals surface area contributed by atoms with Crippen LogP contribution in [0.1, 0.15) is 47.0 Å². The Kier molecular flexibility index (Phi) is 7.47. The molecule has 1 heterocycles. The van der Waals surface area contributed by atoms with Gasteiger partial charge in [-0.25, -0.2) is 8.42 Å². The Morgan fingerprint density at radius 2 is 1.82 bits per heavy atom. The summed E-state index contributed by atoms with van der Waals surface area (Å²) in [7, 11) is -3.95. The first-order chi connectivity index (χ1) is 13.0. The number of nitrogens with zero attached hydrogens (tertiary/aromatic N) is 1. The number of likely N-dealkylation sites (tertiary alicyclic amines) is 1. The quantitative estimate of drug-likeness (QED) is 0.700. The van der Waals surface area contributed by atoms with Crippen molar-refractivity contribution >= 4 is 33.5 Å². The van der Waals surface area contributed by atoms with Crippen molar-refractivity contribution in [2.75, 3.05) is 0 Å². The van der Waals surface area contributed by atoms with E-state index in [9.17, 15) is 18.0 Å². The molecule has 7 nitrogen and oxygen atoms in total. The number of sulfonamides is 1. The molecule has 1 saturated heterocycles. The predicted molar refractivity (Wildman–Crippen MR) is 106 cm³/mol. The number of amides is 1. The van der Waals surface area contributed by atoms with E-state index < -0.39 is 28.1 Å². The van der Waals surface area contributed by atoms with Crippen molar-refractivity contribution in [2.24, 2.45) is 0 Å². The molecule has 0 unspecified atom stereocenters. The van der Waals surface area contributed by atoms with Crippen LogP contribution in [-0.4, -0.2) is 49.4 Å². The number of halogens is 1. The first kappa shape index (κ1) is 22.6. The summed E-state index contributed by atoms with van der Waals surface area (Å²) in [5.74, 6) is -1.08. The van der Waals surface area contributed by atoms with Crippen LogP contribution in [0, 0.1) is 0 Å². The van der Waals surface area contributed by atoms with Crippen LogP contribution in [0.5, 0.6) is 0 Å². The molecule has 1 fully saturated rings. The first-order valence-corrected chi connectivity index (χ1v) is 11.2. The second kappa shape index (κ2) is 9.24. The largest absolute Gasteiger partial charge is 0.451 e. The lowest BCUT2D eigenvalue weighted by atomic mass is 9.97. The van der Waals surface area contributed by atoms with Gasteiger partial charge in [-0.2, -0.15) is 4.72 Å². The number of carbonyl (C=O) groups is 2. The molecule has 28 heavy (non-hydrogen) atoms. The molecule has 0 spiro atoms. The fourth-order valence-electron chi connectivity index (χ4n) is 3.38. The summed E-state index contributed by atoms with van der Waals surface area (Å²) >= 11 is 5.83. The number of hydrogen-bond donors (Lipinski definition) is 1. The molecule has 4 atom stereocenters. The highest BCUT2D eigenvalue weighted by atomic mass is 35.5. The molecule has 0 radical (unpaired) electrons. The molecule has 1 aliphatic heterocycles. The minimum atomic E-state index is -3.95. The van der Waals surface area contributed by atoms with Crippen molar-refractivity contribution in [1.29, 1.82) is 0 Å². The van der Waals surface area contributed by atoms with E-state index in [0.717, 1.165) is 19.3 Å². The summed E-state index contributed by atoms with van der Waals surface area (Å²) in [5, 5.41) is 0.266. The summed E-state index contributed by atoms with van der Waals surface area (Å²) in [6, 6.07) is 4.71. The van der Waals surface area contributed by atoms with E-state index in [2.05, 4.69) is 4.72 Å². The van der Waals surface area contributed by atoms with Gasteiger partial charge < -0.3 is 9.64 Å². The minimum absolute atomic E-state index is 0.0558. The van der Waals surface area contributed by atoms with Gasteiger partial charge in [0.2, 0.25) is 10.0 Å². The van der Waals surface area contributed by atoms with Gasteiger partial charge in [0, 0.05) is 17.1 Å². The van der Waals surface area contributed by atoms with Gasteiger partial charge in [-0.3, -0.25) is 9.59 Å². The van der Waals surface area contributed by atoms with E-state index in [1.165, 1.54) is 32.0 Å². The minimum Gasteiger partial charge on any atom is -0.451 e. The first-order valence-electron chi connectivity index (χ1n) is 9.33. The number of rotatable bonds is 6. The third-order valence-corrected chi connectivity index (χ3v) is 6.65. The second-order valence-electron chi connectivity index (χ2n) is 7.25. The van der Waals surface area contributed by atoms with Crippen LogP contribution in [0.2, 0.25) is 5.02 Å². The summed E-state index contributed by atoms with van der Waals surface area (Å²) < 4.78 is 32.3. The lowest BCUT2D eigenvalue weighted by molar-refractivity contribution is -0.163. The van der Waals surface area contributed by atoms with E-state index in [1.54, 1.807) is 11.0 Å². The SMILES string of the molecule is C[C@H](NS(=O)(=O)c1cccc(Cl)c1)C(=O)O[C@H](C)C(=O)N1[C@H](C)CCC[C@@H]1C. The molecular weight excluding hydrogens is 404 g/mol. The molecule has 0 saturated carbocycles. The number of hydrogen-bond acceptors (Lipinski definition) is 5. The van der Waals surface area contributed by atoms with Crippen molar-refractivity contribution in [3.05, 3.63) is 29.3 Å². The number of piperidine rings is 1. The normalized spacial score (nSPS) is 22.4. The maximum atomic E-state index is 12.7. The lowest BCUT2D eigenvalue weighted by Gasteiger charge is -2.40. The van der Waals surface area contributed by atoms with Gasteiger partial charge in [-0.15, -0.1) is 0 Å². The zero-order valence-electron chi connectivity index (χ0n) is 16.5. The maximum Gasteiger partial charge on any atom is 0.324 e. The van der Waals surface area contributed by atoms with E-state index in [4.69, 9.17) is 16.3 Å². The molecule has 1 aromatic rings. The molecule has 1 aromatic carbocycles. The standard InChI is InChI=1S/C19H27ClN2O5S/c1-12-7-5-8-13(2)22(12)18(23)15(4)27-19(24)14(3)21-28(25,26)17-10-6-9-16(20)11-17/h6,9-15,21H,5,7-8H2,1-4H3/t12-,13+,14-,15+/m0/s1. The van der Waals surface area contributed by atoms with Crippen LogP contribution >= 0.6 is 11.6 Å². The Bertz CT molecular complexity index is 819.